The third-order valence-corrected chi connectivity index (χ3v) is 4.49. The second kappa shape index (κ2) is 10.6. The zero-order valence-electron chi connectivity index (χ0n) is 16.3. The maximum Gasteiger partial charge on any atom is 0.490 e. The van der Waals surface area contributed by atoms with Crippen LogP contribution in [-0.2, 0) is 40.3 Å². The zero-order valence-corrected chi connectivity index (χ0v) is 16.3. The molecule has 1 atom stereocenters. The number of alkyl halides is 3. The number of amides is 1. The molecular weight excluding hydrogens is 417 g/mol. The van der Waals surface area contributed by atoms with Crippen LogP contribution in [0.4, 0.5) is 13.2 Å². The summed E-state index contributed by atoms with van der Waals surface area (Å²) in [5.41, 5.74) is 4.17. The van der Waals surface area contributed by atoms with Crippen molar-refractivity contribution in [2.45, 2.75) is 38.1 Å². The molecule has 0 spiro atoms. The Morgan fingerprint density at radius 2 is 1.52 bits per heavy atom. The summed E-state index contributed by atoms with van der Waals surface area (Å²) in [5, 5.41) is 22.1. The van der Waals surface area contributed by atoms with E-state index in [0.717, 1.165) is 11.1 Å². The summed E-state index contributed by atoms with van der Waals surface area (Å²) >= 11 is 0. The Kier molecular flexibility index (Phi) is 8.14. The molecule has 31 heavy (non-hydrogen) atoms. The highest BCUT2D eigenvalue weighted by molar-refractivity contribution is 5.82. The van der Waals surface area contributed by atoms with Crippen LogP contribution in [0.1, 0.15) is 22.3 Å². The molecular formula is C21H21F3N2O5. The lowest BCUT2D eigenvalue weighted by Gasteiger charge is -2.25. The van der Waals surface area contributed by atoms with Gasteiger partial charge in [0, 0.05) is 13.1 Å². The van der Waals surface area contributed by atoms with Crippen molar-refractivity contribution >= 4 is 17.8 Å². The number of carbonyl (C=O) groups excluding carboxylic acids is 1. The number of nitrogens with one attached hydrogen (secondary N) is 2. The first-order chi connectivity index (χ1) is 14.6. The van der Waals surface area contributed by atoms with Gasteiger partial charge in [0.1, 0.15) is 0 Å². The molecule has 7 nitrogen and oxygen atoms in total. The summed E-state index contributed by atoms with van der Waals surface area (Å²) in [6.45, 7) is 1.14. The second-order valence-corrected chi connectivity index (χ2v) is 6.81. The van der Waals surface area contributed by atoms with E-state index >= 15 is 0 Å². The van der Waals surface area contributed by atoms with Crippen molar-refractivity contribution < 1.29 is 37.8 Å². The lowest BCUT2D eigenvalue weighted by molar-refractivity contribution is -0.192. The number of benzene rings is 2. The van der Waals surface area contributed by atoms with Crippen molar-refractivity contribution in [3.05, 3.63) is 70.8 Å². The Bertz CT molecular complexity index is 929. The summed E-state index contributed by atoms with van der Waals surface area (Å²) in [6.07, 6.45) is -4.38. The van der Waals surface area contributed by atoms with Gasteiger partial charge in [0.15, 0.2) is 0 Å². The molecule has 1 aliphatic heterocycles. The molecule has 0 radical (unpaired) electrons. The number of aliphatic carboxylic acids is 2. The highest BCUT2D eigenvalue weighted by atomic mass is 19.4. The van der Waals surface area contributed by atoms with E-state index in [4.69, 9.17) is 15.0 Å². The summed E-state index contributed by atoms with van der Waals surface area (Å²) in [5.74, 6) is -3.62. The molecule has 10 heteroatoms. The number of fused-ring (bicyclic) bond motifs is 1. The number of hydrogen-bond donors (Lipinski definition) is 4. The van der Waals surface area contributed by atoms with Crippen LogP contribution in [0.25, 0.3) is 0 Å². The first kappa shape index (κ1) is 23.9. The van der Waals surface area contributed by atoms with Crippen molar-refractivity contribution in [1.82, 2.24) is 10.6 Å². The van der Waals surface area contributed by atoms with Gasteiger partial charge in [-0.2, -0.15) is 13.2 Å². The smallest absolute Gasteiger partial charge is 0.481 e. The van der Waals surface area contributed by atoms with E-state index in [9.17, 15) is 22.8 Å². The highest BCUT2D eigenvalue weighted by Crippen LogP contribution is 2.16. The number of halogens is 3. The predicted octanol–water partition coefficient (Wildman–Crippen LogP) is 2.28. The van der Waals surface area contributed by atoms with E-state index in [1.807, 2.05) is 24.3 Å². The van der Waals surface area contributed by atoms with Gasteiger partial charge in [-0.25, -0.2) is 4.79 Å². The van der Waals surface area contributed by atoms with Gasteiger partial charge in [-0.3, -0.25) is 9.59 Å². The summed E-state index contributed by atoms with van der Waals surface area (Å²) < 4.78 is 31.7. The van der Waals surface area contributed by atoms with Gasteiger partial charge in [-0.1, -0.05) is 48.5 Å². The molecule has 166 valence electrons. The van der Waals surface area contributed by atoms with Crippen LogP contribution in [0.5, 0.6) is 0 Å². The number of carboxylic acids is 2. The van der Waals surface area contributed by atoms with Crippen LogP contribution in [0.15, 0.2) is 48.5 Å². The van der Waals surface area contributed by atoms with Crippen molar-refractivity contribution in [2.75, 3.05) is 0 Å². The summed E-state index contributed by atoms with van der Waals surface area (Å²) in [7, 11) is 0. The van der Waals surface area contributed by atoms with Gasteiger partial charge >= 0.3 is 18.1 Å². The van der Waals surface area contributed by atoms with E-state index in [2.05, 4.69) is 22.8 Å². The maximum atomic E-state index is 12.3. The average molecular weight is 438 g/mol. The Hall–Kier alpha value is -3.40. The van der Waals surface area contributed by atoms with E-state index < -0.39 is 18.1 Å². The van der Waals surface area contributed by atoms with E-state index in [1.165, 1.54) is 11.1 Å². The number of rotatable bonds is 5. The van der Waals surface area contributed by atoms with Crippen molar-refractivity contribution in [2.24, 2.45) is 0 Å². The molecule has 0 aromatic heterocycles. The molecule has 0 saturated heterocycles. The number of carbonyl (C=O) groups is 3. The monoisotopic (exact) mass is 438 g/mol. The van der Waals surface area contributed by atoms with Crippen LogP contribution in [-0.4, -0.2) is 40.3 Å². The number of carboxylic acid groups (broad SMARTS) is 2. The standard InChI is InChI=1S/C19H20N2O3.C2HF3O2/c22-18(23)9-13-5-7-14(8-6-13)11-21-19(24)17-10-15-3-1-2-4-16(15)12-20-17;3-2(4,5)1(6)7/h1-8,17,20H,9-12H2,(H,21,24)(H,22,23);(H,6,7)/t17-;/m0./s1. The number of hydrogen-bond acceptors (Lipinski definition) is 4. The first-order valence-corrected chi connectivity index (χ1v) is 9.24. The SMILES string of the molecule is O=C(O)C(F)(F)F.O=C(O)Cc1ccc(CNC(=O)[C@@H]2Cc3ccccc3CN2)cc1. The van der Waals surface area contributed by atoms with Crippen LogP contribution >= 0.6 is 0 Å². The summed E-state index contributed by atoms with van der Waals surface area (Å²) in [6, 6.07) is 15.2. The second-order valence-electron chi connectivity index (χ2n) is 6.81. The van der Waals surface area contributed by atoms with Gasteiger partial charge in [-0.15, -0.1) is 0 Å². The Morgan fingerprint density at radius 1 is 0.968 bits per heavy atom. The van der Waals surface area contributed by atoms with E-state index in [-0.39, 0.29) is 18.4 Å². The van der Waals surface area contributed by atoms with Gasteiger partial charge < -0.3 is 20.8 Å². The topological polar surface area (TPSA) is 116 Å². The molecule has 0 aliphatic carbocycles. The van der Waals surface area contributed by atoms with E-state index in [0.29, 0.717) is 19.5 Å². The first-order valence-electron chi connectivity index (χ1n) is 9.24. The Labute approximate surface area is 175 Å². The minimum Gasteiger partial charge on any atom is -0.481 e. The quantitative estimate of drug-likeness (QED) is 0.569. The fourth-order valence-corrected chi connectivity index (χ4v) is 2.90. The molecule has 1 aliphatic rings. The molecule has 0 bridgehead atoms. The van der Waals surface area contributed by atoms with Gasteiger partial charge in [0.25, 0.3) is 0 Å². The predicted molar refractivity (Wildman–Crippen MR) is 104 cm³/mol. The van der Waals surface area contributed by atoms with Crippen molar-refractivity contribution in [1.29, 1.82) is 0 Å². The molecule has 2 aromatic carbocycles. The maximum absolute atomic E-state index is 12.3. The van der Waals surface area contributed by atoms with Gasteiger partial charge in [0.2, 0.25) is 5.91 Å². The molecule has 0 saturated carbocycles. The summed E-state index contributed by atoms with van der Waals surface area (Å²) in [4.78, 5) is 31.9. The fraction of sp³-hybridized carbons (Fsp3) is 0.286. The third kappa shape index (κ3) is 7.74. The normalized spacial score (nSPS) is 15.1. The minimum atomic E-state index is -5.08. The lowest BCUT2D eigenvalue weighted by atomic mass is 9.95. The van der Waals surface area contributed by atoms with Crippen LogP contribution in [0.2, 0.25) is 0 Å². The molecule has 3 rings (SSSR count). The lowest BCUT2D eigenvalue weighted by Crippen LogP contribution is -2.47. The third-order valence-electron chi connectivity index (χ3n) is 4.49. The fourth-order valence-electron chi connectivity index (χ4n) is 2.90. The van der Waals surface area contributed by atoms with Crippen molar-refractivity contribution in [3.8, 4) is 0 Å². The average Bonchev–Trinajstić information content (AvgIpc) is 2.72. The molecule has 0 fully saturated rings. The van der Waals surface area contributed by atoms with E-state index in [1.54, 1.807) is 12.1 Å². The zero-order chi connectivity index (χ0) is 23.0. The van der Waals surface area contributed by atoms with Crippen LogP contribution in [0.3, 0.4) is 0 Å². The molecule has 1 heterocycles. The molecule has 0 unspecified atom stereocenters. The minimum absolute atomic E-state index is 0.0119. The Balaban J connectivity index is 0.000000423. The molecule has 1 amide bonds. The highest BCUT2D eigenvalue weighted by Gasteiger charge is 2.38. The van der Waals surface area contributed by atoms with Crippen LogP contribution < -0.4 is 10.6 Å². The van der Waals surface area contributed by atoms with Gasteiger partial charge in [0.05, 0.1) is 12.5 Å². The molecule has 4 N–H and O–H groups in total. The Morgan fingerprint density at radius 3 is 2.06 bits per heavy atom. The van der Waals surface area contributed by atoms with Crippen molar-refractivity contribution in [3.63, 3.8) is 0 Å². The largest absolute Gasteiger partial charge is 0.490 e. The van der Waals surface area contributed by atoms with Gasteiger partial charge in [-0.05, 0) is 28.7 Å². The molecule has 2 aromatic rings. The van der Waals surface area contributed by atoms with Crippen LogP contribution in [0, 0.1) is 0 Å².